The van der Waals surface area contributed by atoms with Crippen molar-refractivity contribution in [3.8, 4) is 0 Å². The second-order valence-corrected chi connectivity index (χ2v) is 3.21. The summed E-state index contributed by atoms with van der Waals surface area (Å²) in [5.41, 5.74) is 0. The first kappa shape index (κ1) is 11.1. The largest absolute Gasteiger partial charge is 0.379 e. The number of nitrogens with zero attached hydrogens (tertiary/aromatic N) is 3. The lowest BCUT2D eigenvalue weighted by molar-refractivity contribution is 0.0503. The molecule has 0 atom stereocenters. The first-order valence-electron chi connectivity index (χ1n) is 4.79. The van der Waals surface area contributed by atoms with Gasteiger partial charge in [-0.2, -0.15) is 0 Å². The maximum absolute atomic E-state index is 5.10. The SMILES string of the molecule is CN1CCOCC1.Cc1ncccn1. The fourth-order valence-corrected chi connectivity index (χ4v) is 1.03. The molecule has 78 valence electrons. The van der Waals surface area contributed by atoms with Crippen LogP contribution in [0.4, 0.5) is 0 Å². The molecule has 2 heterocycles. The average Bonchev–Trinajstić information content (AvgIpc) is 2.21. The minimum atomic E-state index is 0.822. The lowest BCUT2D eigenvalue weighted by Crippen LogP contribution is -2.32. The molecule has 1 aliphatic rings. The molecule has 1 aliphatic heterocycles. The summed E-state index contributed by atoms with van der Waals surface area (Å²) in [5, 5.41) is 0. The van der Waals surface area contributed by atoms with Crippen molar-refractivity contribution in [2.75, 3.05) is 33.4 Å². The number of aromatic nitrogens is 2. The Hall–Kier alpha value is -1.00. The second-order valence-electron chi connectivity index (χ2n) is 3.21. The number of aryl methyl sites for hydroxylation is 1. The van der Waals surface area contributed by atoms with Crippen LogP contribution in [-0.4, -0.2) is 48.2 Å². The van der Waals surface area contributed by atoms with Crippen LogP contribution in [0.25, 0.3) is 0 Å². The Balaban J connectivity index is 0.000000140. The highest BCUT2D eigenvalue weighted by atomic mass is 16.5. The Kier molecular flexibility index (Phi) is 5.11. The summed E-state index contributed by atoms with van der Waals surface area (Å²) in [6.07, 6.45) is 3.45. The molecule has 1 fully saturated rings. The van der Waals surface area contributed by atoms with Crippen LogP contribution >= 0.6 is 0 Å². The van der Waals surface area contributed by atoms with Crippen molar-refractivity contribution in [2.45, 2.75) is 6.92 Å². The summed E-state index contributed by atoms with van der Waals surface area (Å²) in [6.45, 7) is 5.88. The van der Waals surface area contributed by atoms with Gasteiger partial charge in [-0.15, -0.1) is 0 Å². The normalized spacial score (nSPS) is 17.0. The molecule has 4 nitrogen and oxygen atoms in total. The van der Waals surface area contributed by atoms with Gasteiger partial charge in [0.15, 0.2) is 0 Å². The monoisotopic (exact) mass is 195 g/mol. The highest BCUT2D eigenvalue weighted by Crippen LogP contribution is 1.89. The molecule has 0 N–H and O–H groups in total. The standard InChI is InChI=1S/C5H6N2.C5H11NO/c1-5-6-3-2-4-7-5;1-6-2-4-7-5-3-6/h2-4H,1H3;2-5H2,1H3. The molecule has 4 heteroatoms. The number of hydrogen-bond acceptors (Lipinski definition) is 4. The van der Waals surface area contributed by atoms with Crippen molar-refractivity contribution in [3.05, 3.63) is 24.3 Å². The molecule has 0 spiro atoms. The van der Waals surface area contributed by atoms with Crippen LogP contribution in [0.15, 0.2) is 18.5 Å². The van der Waals surface area contributed by atoms with Gasteiger partial charge in [-0.05, 0) is 20.0 Å². The molecular formula is C10H17N3O. The van der Waals surface area contributed by atoms with E-state index in [1.54, 1.807) is 18.5 Å². The van der Waals surface area contributed by atoms with Crippen molar-refractivity contribution in [2.24, 2.45) is 0 Å². The van der Waals surface area contributed by atoms with Gasteiger partial charge < -0.3 is 9.64 Å². The van der Waals surface area contributed by atoms with Crippen LogP contribution in [0.5, 0.6) is 0 Å². The summed E-state index contributed by atoms with van der Waals surface area (Å²) in [6, 6.07) is 1.80. The third kappa shape index (κ3) is 4.89. The predicted octanol–water partition coefficient (Wildman–Crippen LogP) is 0.733. The molecule has 1 aromatic heterocycles. The fraction of sp³-hybridized carbons (Fsp3) is 0.600. The number of morpholine rings is 1. The highest BCUT2D eigenvalue weighted by molar-refractivity contribution is 4.83. The van der Waals surface area contributed by atoms with Gasteiger partial charge in [-0.3, -0.25) is 0 Å². The van der Waals surface area contributed by atoms with Crippen molar-refractivity contribution in [1.82, 2.24) is 14.9 Å². The van der Waals surface area contributed by atoms with E-state index in [-0.39, 0.29) is 0 Å². The Bertz CT molecular complexity index is 234. The number of hydrogen-bond donors (Lipinski definition) is 0. The Morgan fingerprint density at radius 3 is 2.07 bits per heavy atom. The zero-order chi connectivity index (χ0) is 10.2. The Labute approximate surface area is 84.9 Å². The molecule has 0 bridgehead atoms. The van der Waals surface area contributed by atoms with Crippen molar-refractivity contribution < 1.29 is 4.74 Å². The minimum absolute atomic E-state index is 0.822. The summed E-state index contributed by atoms with van der Waals surface area (Å²) in [4.78, 5) is 10.0. The Morgan fingerprint density at radius 1 is 1.21 bits per heavy atom. The van der Waals surface area contributed by atoms with E-state index in [2.05, 4.69) is 21.9 Å². The maximum atomic E-state index is 5.10. The van der Waals surface area contributed by atoms with Gasteiger partial charge in [0, 0.05) is 25.5 Å². The Morgan fingerprint density at radius 2 is 1.79 bits per heavy atom. The summed E-state index contributed by atoms with van der Waals surface area (Å²) >= 11 is 0. The zero-order valence-electron chi connectivity index (χ0n) is 8.81. The van der Waals surface area contributed by atoms with E-state index in [0.29, 0.717) is 0 Å². The number of likely N-dealkylation sites (N-methyl/N-ethyl adjacent to an activating group) is 1. The molecule has 1 aromatic rings. The molecule has 2 rings (SSSR count). The summed E-state index contributed by atoms with van der Waals surface area (Å²) < 4.78 is 5.10. The van der Waals surface area contributed by atoms with Gasteiger partial charge >= 0.3 is 0 Å². The second kappa shape index (κ2) is 6.45. The average molecular weight is 195 g/mol. The van der Waals surface area contributed by atoms with Crippen LogP contribution < -0.4 is 0 Å². The van der Waals surface area contributed by atoms with Crippen molar-refractivity contribution in [3.63, 3.8) is 0 Å². The van der Waals surface area contributed by atoms with Gasteiger partial charge in [0.2, 0.25) is 0 Å². The molecule has 0 saturated carbocycles. The minimum Gasteiger partial charge on any atom is -0.379 e. The first-order chi connectivity index (χ1) is 6.79. The van der Waals surface area contributed by atoms with Crippen LogP contribution in [0.1, 0.15) is 5.82 Å². The lowest BCUT2D eigenvalue weighted by atomic mass is 10.5. The van der Waals surface area contributed by atoms with E-state index in [1.165, 1.54) is 0 Å². The lowest BCUT2D eigenvalue weighted by Gasteiger charge is -2.21. The van der Waals surface area contributed by atoms with E-state index in [0.717, 1.165) is 32.1 Å². The summed E-state index contributed by atoms with van der Waals surface area (Å²) in [7, 11) is 2.11. The van der Waals surface area contributed by atoms with Crippen LogP contribution in [0.3, 0.4) is 0 Å². The predicted molar refractivity (Wildman–Crippen MR) is 55.1 cm³/mol. The van der Waals surface area contributed by atoms with E-state index in [1.807, 2.05) is 6.92 Å². The molecule has 0 aromatic carbocycles. The van der Waals surface area contributed by atoms with Gasteiger partial charge in [-0.1, -0.05) is 0 Å². The third-order valence-corrected chi connectivity index (χ3v) is 1.93. The summed E-state index contributed by atoms with van der Waals surface area (Å²) in [5.74, 6) is 0.822. The zero-order valence-corrected chi connectivity index (χ0v) is 8.81. The van der Waals surface area contributed by atoms with Gasteiger partial charge in [0.05, 0.1) is 13.2 Å². The van der Waals surface area contributed by atoms with E-state index < -0.39 is 0 Å². The van der Waals surface area contributed by atoms with Crippen LogP contribution in [-0.2, 0) is 4.74 Å². The van der Waals surface area contributed by atoms with E-state index in [9.17, 15) is 0 Å². The molecule has 0 unspecified atom stereocenters. The molecule has 0 radical (unpaired) electrons. The first-order valence-corrected chi connectivity index (χ1v) is 4.79. The van der Waals surface area contributed by atoms with Crippen molar-refractivity contribution >= 4 is 0 Å². The molecule has 1 saturated heterocycles. The smallest absolute Gasteiger partial charge is 0.125 e. The quantitative estimate of drug-likeness (QED) is 0.612. The van der Waals surface area contributed by atoms with E-state index in [4.69, 9.17) is 4.74 Å². The number of rotatable bonds is 0. The van der Waals surface area contributed by atoms with Gasteiger partial charge in [0.25, 0.3) is 0 Å². The third-order valence-electron chi connectivity index (χ3n) is 1.93. The highest BCUT2D eigenvalue weighted by Gasteiger charge is 2.02. The van der Waals surface area contributed by atoms with Gasteiger partial charge in [-0.25, -0.2) is 9.97 Å². The topological polar surface area (TPSA) is 38.2 Å². The fourth-order valence-electron chi connectivity index (χ4n) is 1.03. The van der Waals surface area contributed by atoms with E-state index >= 15 is 0 Å². The molecular weight excluding hydrogens is 178 g/mol. The maximum Gasteiger partial charge on any atom is 0.125 e. The molecule has 0 amide bonds. The molecule has 0 aliphatic carbocycles. The molecule has 14 heavy (non-hydrogen) atoms. The van der Waals surface area contributed by atoms with Gasteiger partial charge in [0.1, 0.15) is 5.82 Å². The number of ether oxygens (including phenoxy) is 1. The van der Waals surface area contributed by atoms with Crippen LogP contribution in [0.2, 0.25) is 0 Å². The van der Waals surface area contributed by atoms with Crippen molar-refractivity contribution in [1.29, 1.82) is 0 Å². The van der Waals surface area contributed by atoms with Crippen LogP contribution in [0, 0.1) is 6.92 Å².